The normalized spacial score (nSPS) is 13.3. The number of nitrogens with zero attached hydrogens (tertiary/aromatic N) is 5. The Morgan fingerprint density at radius 2 is 2.00 bits per heavy atom. The third kappa shape index (κ3) is 3.80. The Morgan fingerprint density at radius 1 is 1.17 bits per heavy atom. The maximum absolute atomic E-state index is 5.74. The van der Waals surface area contributed by atoms with E-state index >= 15 is 0 Å². The van der Waals surface area contributed by atoms with Crippen LogP contribution in [-0.2, 0) is 6.54 Å². The van der Waals surface area contributed by atoms with Crippen LogP contribution in [0, 0.1) is 5.92 Å². The van der Waals surface area contributed by atoms with E-state index in [1.807, 2.05) is 36.4 Å². The fourth-order valence-corrected chi connectivity index (χ4v) is 3.25. The molecule has 0 bridgehead atoms. The van der Waals surface area contributed by atoms with Gasteiger partial charge in [0, 0.05) is 23.6 Å². The second-order valence-electron chi connectivity index (χ2n) is 7.47. The highest BCUT2D eigenvalue weighted by atomic mass is 15.4. The van der Waals surface area contributed by atoms with Gasteiger partial charge >= 0.3 is 0 Å². The molecule has 0 saturated heterocycles. The number of benzene rings is 2. The van der Waals surface area contributed by atoms with Crippen LogP contribution >= 0.6 is 0 Å². The molecule has 2 heterocycles. The lowest BCUT2D eigenvalue weighted by molar-refractivity contribution is 0.745. The largest absolute Gasteiger partial charge is 0.399 e. The first-order valence-electron chi connectivity index (χ1n) is 9.89. The molecule has 1 aliphatic rings. The molecule has 4 N–H and O–H groups in total. The summed E-state index contributed by atoms with van der Waals surface area (Å²) in [7, 11) is 0. The van der Waals surface area contributed by atoms with E-state index in [4.69, 9.17) is 5.73 Å². The van der Waals surface area contributed by atoms with Gasteiger partial charge in [-0.2, -0.15) is 9.67 Å². The summed E-state index contributed by atoms with van der Waals surface area (Å²) >= 11 is 0. The molecule has 30 heavy (non-hydrogen) atoms. The van der Waals surface area contributed by atoms with Crippen LogP contribution in [0.4, 0.5) is 17.3 Å². The predicted molar refractivity (Wildman–Crippen MR) is 117 cm³/mol. The molecule has 8 heteroatoms. The Labute approximate surface area is 173 Å². The van der Waals surface area contributed by atoms with Crippen LogP contribution in [0.1, 0.15) is 18.4 Å². The van der Waals surface area contributed by atoms with Crippen molar-refractivity contribution in [2.24, 2.45) is 5.92 Å². The molecule has 2 aromatic heterocycles. The molecule has 1 fully saturated rings. The summed E-state index contributed by atoms with van der Waals surface area (Å²) in [6, 6.07) is 15.6. The van der Waals surface area contributed by atoms with Gasteiger partial charge in [0.1, 0.15) is 0 Å². The number of hydrogen-bond acceptors (Lipinski definition) is 7. The van der Waals surface area contributed by atoms with E-state index in [0.717, 1.165) is 29.2 Å². The van der Waals surface area contributed by atoms with Crippen molar-refractivity contribution in [3.63, 3.8) is 0 Å². The van der Waals surface area contributed by atoms with Crippen LogP contribution < -0.4 is 16.4 Å². The highest BCUT2D eigenvalue weighted by Gasteiger charge is 2.24. The van der Waals surface area contributed by atoms with Crippen LogP contribution in [0.15, 0.2) is 67.0 Å². The monoisotopic (exact) mass is 398 g/mol. The number of fused-ring (bicyclic) bond motifs is 1. The van der Waals surface area contributed by atoms with Crippen molar-refractivity contribution >= 4 is 28.5 Å². The van der Waals surface area contributed by atoms with Crippen molar-refractivity contribution in [1.82, 2.24) is 30.3 Å². The van der Waals surface area contributed by atoms with Crippen LogP contribution in [0.3, 0.4) is 0 Å². The minimum atomic E-state index is 0.467. The van der Waals surface area contributed by atoms with Gasteiger partial charge in [0.25, 0.3) is 0 Å². The highest BCUT2D eigenvalue weighted by molar-refractivity contribution is 5.73. The lowest BCUT2D eigenvalue weighted by Gasteiger charge is -2.10. The second kappa shape index (κ2) is 7.47. The number of nitrogen functional groups attached to an aromatic ring is 1. The standard InChI is InChI=1S/C22H22N8/c1-14(16-5-6-16)24-12-15-3-2-4-19(11-15)30-21-20(28-29-30)13-25-22(27-21)26-18-9-7-17(23)8-10-18/h2-4,7-11,13,16,24H,1,5-6,12,23H2,(H,25,26,27). The Kier molecular flexibility index (Phi) is 4.51. The van der Waals surface area contributed by atoms with E-state index < -0.39 is 0 Å². The number of nitrogens with two attached hydrogens (primary N) is 1. The quantitative estimate of drug-likeness (QED) is 0.409. The molecule has 1 saturated carbocycles. The van der Waals surface area contributed by atoms with E-state index in [9.17, 15) is 0 Å². The Hall–Kier alpha value is -3.94. The average Bonchev–Trinajstić information content (AvgIpc) is 3.54. The van der Waals surface area contributed by atoms with Gasteiger partial charge < -0.3 is 16.4 Å². The zero-order valence-electron chi connectivity index (χ0n) is 16.4. The fraction of sp³-hybridized carbons (Fsp3) is 0.182. The molecule has 0 aliphatic heterocycles. The van der Waals surface area contributed by atoms with Crippen LogP contribution in [0.2, 0.25) is 0 Å². The molecule has 0 radical (unpaired) electrons. The van der Waals surface area contributed by atoms with Gasteiger partial charge in [0.05, 0.1) is 11.9 Å². The van der Waals surface area contributed by atoms with Gasteiger partial charge in [-0.1, -0.05) is 23.9 Å². The Balaban J connectivity index is 1.40. The van der Waals surface area contributed by atoms with Crippen LogP contribution in [0.5, 0.6) is 0 Å². The Bertz CT molecular complexity index is 1210. The SMILES string of the molecule is C=C(NCc1cccc(-n2nnc3cnc(Nc4ccc(N)cc4)nc32)c1)C1CC1. The number of allylic oxidation sites excluding steroid dienone is 1. The van der Waals surface area contributed by atoms with Gasteiger partial charge in [0.2, 0.25) is 5.95 Å². The number of hydrogen-bond donors (Lipinski definition) is 3. The van der Waals surface area contributed by atoms with E-state index in [1.54, 1.807) is 10.9 Å². The fourth-order valence-electron chi connectivity index (χ4n) is 3.25. The third-order valence-electron chi connectivity index (χ3n) is 5.10. The number of anilines is 3. The zero-order chi connectivity index (χ0) is 20.5. The topological polar surface area (TPSA) is 107 Å². The van der Waals surface area contributed by atoms with Crippen LogP contribution in [0.25, 0.3) is 16.9 Å². The lowest BCUT2D eigenvalue weighted by Crippen LogP contribution is -2.13. The first-order chi connectivity index (χ1) is 14.7. The van der Waals surface area contributed by atoms with Gasteiger partial charge in [-0.05, 0) is 60.7 Å². The van der Waals surface area contributed by atoms with Gasteiger partial charge in [-0.3, -0.25) is 0 Å². The number of nitrogens with one attached hydrogen (secondary N) is 2. The molecular formula is C22H22N8. The summed E-state index contributed by atoms with van der Waals surface area (Å²) < 4.78 is 1.73. The second-order valence-corrected chi connectivity index (χ2v) is 7.47. The maximum Gasteiger partial charge on any atom is 0.229 e. The Morgan fingerprint density at radius 3 is 2.80 bits per heavy atom. The highest BCUT2D eigenvalue weighted by Crippen LogP contribution is 2.34. The average molecular weight is 398 g/mol. The maximum atomic E-state index is 5.74. The first kappa shape index (κ1) is 18.1. The van der Waals surface area contributed by atoms with Gasteiger partial charge in [0.15, 0.2) is 11.2 Å². The molecule has 0 spiro atoms. The van der Waals surface area contributed by atoms with Crippen molar-refractivity contribution in [2.45, 2.75) is 19.4 Å². The van der Waals surface area contributed by atoms with Crippen molar-refractivity contribution < 1.29 is 0 Å². The van der Waals surface area contributed by atoms with Crippen molar-refractivity contribution in [1.29, 1.82) is 0 Å². The minimum Gasteiger partial charge on any atom is -0.399 e. The smallest absolute Gasteiger partial charge is 0.229 e. The third-order valence-corrected chi connectivity index (χ3v) is 5.10. The summed E-state index contributed by atoms with van der Waals surface area (Å²) in [6.07, 6.45) is 4.14. The molecule has 150 valence electrons. The van der Waals surface area contributed by atoms with Crippen molar-refractivity contribution in [2.75, 3.05) is 11.1 Å². The molecule has 4 aromatic rings. The first-order valence-corrected chi connectivity index (χ1v) is 9.89. The van der Waals surface area contributed by atoms with Crippen LogP contribution in [-0.4, -0.2) is 25.0 Å². The number of aromatic nitrogens is 5. The molecule has 0 atom stereocenters. The minimum absolute atomic E-state index is 0.467. The van der Waals surface area contributed by atoms with Crippen molar-refractivity contribution in [3.05, 3.63) is 72.6 Å². The molecule has 0 unspecified atom stereocenters. The summed E-state index contributed by atoms with van der Waals surface area (Å²) in [5, 5.41) is 15.1. The van der Waals surface area contributed by atoms with Gasteiger partial charge in [-0.15, -0.1) is 5.10 Å². The summed E-state index contributed by atoms with van der Waals surface area (Å²) in [5.74, 6) is 1.10. The van der Waals surface area contributed by atoms with E-state index in [2.05, 4.69) is 49.6 Å². The molecule has 1 aliphatic carbocycles. The molecular weight excluding hydrogens is 376 g/mol. The molecule has 8 nitrogen and oxygen atoms in total. The summed E-state index contributed by atoms with van der Waals surface area (Å²) in [6.45, 7) is 4.86. The van der Waals surface area contributed by atoms with E-state index in [0.29, 0.717) is 28.7 Å². The summed E-state index contributed by atoms with van der Waals surface area (Å²) in [5.41, 5.74) is 11.7. The predicted octanol–water partition coefficient (Wildman–Crippen LogP) is 3.55. The van der Waals surface area contributed by atoms with Crippen molar-refractivity contribution in [3.8, 4) is 5.69 Å². The molecule has 0 amide bonds. The van der Waals surface area contributed by atoms with E-state index in [1.165, 1.54) is 12.8 Å². The number of rotatable bonds is 7. The molecule has 2 aromatic carbocycles. The van der Waals surface area contributed by atoms with E-state index in [-0.39, 0.29) is 0 Å². The van der Waals surface area contributed by atoms with Gasteiger partial charge in [-0.25, -0.2) is 4.98 Å². The summed E-state index contributed by atoms with van der Waals surface area (Å²) in [4.78, 5) is 8.95. The molecule has 5 rings (SSSR count). The lowest BCUT2D eigenvalue weighted by atomic mass is 10.2. The zero-order valence-corrected chi connectivity index (χ0v) is 16.4.